The zero-order chi connectivity index (χ0) is 15.5. The first kappa shape index (κ1) is 14.6. The van der Waals surface area contributed by atoms with Gasteiger partial charge in [0.2, 0.25) is 0 Å². The van der Waals surface area contributed by atoms with Crippen molar-refractivity contribution in [2.75, 3.05) is 25.0 Å². The van der Waals surface area contributed by atoms with Gasteiger partial charge in [-0.1, -0.05) is 30.3 Å². The number of nitrogens with zero attached hydrogens (tertiary/aromatic N) is 2. The van der Waals surface area contributed by atoms with Crippen LogP contribution in [0, 0.1) is 0 Å². The van der Waals surface area contributed by atoms with Crippen LogP contribution in [0.5, 0.6) is 0 Å². The fourth-order valence-corrected chi connectivity index (χ4v) is 2.88. The standard InChI is InChI=1S/C18H21N3O/c1-20(15-7-3-2-4-8-15)17-10-6-5-9-16(17)18(22)21-12-11-14(19)13-21/h2-10,14H,11-13,19H2,1H3/t14-/m0/s1. The van der Waals surface area contributed by atoms with E-state index < -0.39 is 0 Å². The Morgan fingerprint density at radius 3 is 2.50 bits per heavy atom. The van der Waals surface area contributed by atoms with Gasteiger partial charge in [0, 0.05) is 31.9 Å². The summed E-state index contributed by atoms with van der Waals surface area (Å²) in [6.45, 7) is 1.38. The Labute approximate surface area is 131 Å². The van der Waals surface area contributed by atoms with E-state index in [2.05, 4.69) is 0 Å². The molecule has 3 rings (SSSR count). The molecule has 0 radical (unpaired) electrons. The first-order valence-electron chi connectivity index (χ1n) is 7.59. The summed E-state index contributed by atoms with van der Waals surface area (Å²) in [6.07, 6.45) is 0.877. The van der Waals surface area contributed by atoms with Gasteiger partial charge in [0.05, 0.1) is 11.3 Å². The van der Waals surface area contributed by atoms with Gasteiger partial charge in [-0.3, -0.25) is 4.79 Å². The topological polar surface area (TPSA) is 49.6 Å². The minimum atomic E-state index is 0.0614. The Kier molecular flexibility index (Phi) is 4.11. The van der Waals surface area contributed by atoms with Gasteiger partial charge in [0.25, 0.3) is 5.91 Å². The van der Waals surface area contributed by atoms with Crippen LogP contribution in [0.2, 0.25) is 0 Å². The number of benzene rings is 2. The zero-order valence-corrected chi connectivity index (χ0v) is 12.8. The Morgan fingerprint density at radius 2 is 1.82 bits per heavy atom. The molecule has 1 heterocycles. The average molecular weight is 295 g/mol. The zero-order valence-electron chi connectivity index (χ0n) is 12.8. The lowest BCUT2D eigenvalue weighted by Crippen LogP contribution is -2.32. The number of rotatable bonds is 3. The maximum atomic E-state index is 12.8. The second-order valence-corrected chi connectivity index (χ2v) is 5.71. The number of amides is 1. The monoisotopic (exact) mass is 295 g/mol. The molecule has 1 aliphatic heterocycles. The number of carbonyl (C=O) groups excluding carboxylic acids is 1. The van der Waals surface area contributed by atoms with E-state index in [1.165, 1.54) is 0 Å². The van der Waals surface area contributed by atoms with Crippen molar-refractivity contribution in [1.82, 2.24) is 4.90 Å². The molecular formula is C18H21N3O. The van der Waals surface area contributed by atoms with Crippen molar-refractivity contribution in [3.63, 3.8) is 0 Å². The van der Waals surface area contributed by atoms with Gasteiger partial charge in [-0.25, -0.2) is 0 Å². The van der Waals surface area contributed by atoms with Crippen LogP contribution in [0.3, 0.4) is 0 Å². The fraction of sp³-hybridized carbons (Fsp3) is 0.278. The number of hydrogen-bond acceptors (Lipinski definition) is 3. The minimum absolute atomic E-state index is 0.0614. The van der Waals surface area contributed by atoms with E-state index in [1.54, 1.807) is 0 Å². The van der Waals surface area contributed by atoms with Crippen LogP contribution in [0.25, 0.3) is 0 Å². The molecule has 4 heteroatoms. The third-order valence-corrected chi connectivity index (χ3v) is 4.15. The molecule has 4 nitrogen and oxygen atoms in total. The highest BCUT2D eigenvalue weighted by atomic mass is 16.2. The summed E-state index contributed by atoms with van der Waals surface area (Å²) in [7, 11) is 1.98. The van der Waals surface area contributed by atoms with Crippen molar-refractivity contribution in [1.29, 1.82) is 0 Å². The molecule has 0 spiro atoms. The van der Waals surface area contributed by atoms with Crippen molar-refractivity contribution in [3.8, 4) is 0 Å². The SMILES string of the molecule is CN(c1ccccc1)c1ccccc1C(=O)N1CC[C@H](N)C1. The molecule has 1 amide bonds. The minimum Gasteiger partial charge on any atom is -0.344 e. The molecule has 1 saturated heterocycles. The first-order chi connectivity index (χ1) is 10.7. The Bertz CT molecular complexity index is 656. The van der Waals surface area contributed by atoms with Crippen LogP contribution in [-0.2, 0) is 0 Å². The van der Waals surface area contributed by atoms with Crippen molar-refractivity contribution in [2.24, 2.45) is 5.73 Å². The second-order valence-electron chi connectivity index (χ2n) is 5.71. The molecule has 0 aliphatic carbocycles. The molecule has 2 aromatic rings. The van der Waals surface area contributed by atoms with E-state index in [0.717, 1.165) is 29.9 Å². The summed E-state index contributed by atoms with van der Waals surface area (Å²) in [6, 6.07) is 17.9. The normalized spacial score (nSPS) is 17.5. The van der Waals surface area contributed by atoms with E-state index in [-0.39, 0.29) is 11.9 Å². The lowest BCUT2D eigenvalue weighted by Gasteiger charge is -2.24. The van der Waals surface area contributed by atoms with E-state index in [1.807, 2.05) is 71.4 Å². The lowest BCUT2D eigenvalue weighted by molar-refractivity contribution is 0.0791. The predicted octanol–water partition coefficient (Wildman–Crippen LogP) is 2.63. The van der Waals surface area contributed by atoms with Gasteiger partial charge in [0.1, 0.15) is 0 Å². The highest BCUT2D eigenvalue weighted by molar-refractivity contribution is 6.00. The molecule has 0 unspecified atom stereocenters. The Balaban J connectivity index is 1.91. The van der Waals surface area contributed by atoms with Gasteiger partial charge in [0.15, 0.2) is 0 Å². The molecule has 1 atom stereocenters. The molecule has 2 aromatic carbocycles. The Hall–Kier alpha value is -2.33. The number of likely N-dealkylation sites (tertiary alicyclic amines) is 1. The average Bonchev–Trinajstić information content (AvgIpc) is 3.01. The third kappa shape index (κ3) is 2.83. The first-order valence-corrected chi connectivity index (χ1v) is 7.59. The quantitative estimate of drug-likeness (QED) is 0.947. The number of anilines is 2. The van der Waals surface area contributed by atoms with Crippen LogP contribution in [0.1, 0.15) is 16.8 Å². The second kappa shape index (κ2) is 6.20. The number of carbonyl (C=O) groups is 1. The molecule has 0 bridgehead atoms. The van der Waals surface area contributed by atoms with Crippen molar-refractivity contribution in [2.45, 2.75) is 12.5 Å². The molecule has 22 heavy (non-hydrogen) atoms. The molecule has 2 N–H and O–H groups in total. The van der Waals surface area contributed by atoms with Crippen molar-refractivity contribution < 1.29 is 4.79 Å². The lowest BCUT2D eigenvalue weighted by atomic mass is 10.1. The Morgan fingerprint density at radius 1 is 1.14 bits per heavy atom. The van der Waals surface area contributed by atoms with Gasteiger partial charge < -0.3 is 15.5 Å². The van der Waals surface area contributed by atoms with Crippen LogP contribution >= 0.6 is 0 Å². The van der Waals surface area contributed by atoms with Crippen molar-refractivity contribution in [3.05, 3.63) is 60.2 Å². The maximum Gasteiger partial charge on any atom is 0.256 e. The molecular weight excluding hydrogens is 274 g/mol. The molecule has 1 aliphatic rings. The van der Waals surface area contributed by atoms with Crippen molar-refractivity contribution >= 4 is 17.3 Å². The summed E-state index contributed by atoms with van der Waals surface area (Å²) in [5, 5.41) is 0. The van der Waals surface area contributed by atoms with Gasteiger partial charge in [-0.2, -0.15) is 0 Å². The fourth-order valence-electron chi connectivity index (χ4n) is 2.88. The highest BCUT2D eigenvalue weighted by Gasteiger charge is 2.26. The van der Waals surface area contributed by atoms with E-state index in [9.17, 15) is 4.79 Å². The molecule has 114 valence electrons. The summed E-state index contributed by atoms with van der Waals surface area (Å²) in [5.74, 6) is 0.0614. The molecule has 0 saturated carbocycles. The third-order valence-electron chi connectivity index (χ3n) is 4.15. The smallest absolute Gasteiger partial charge is 0.256 e. The summed E-state index contributed by atoms with van der Waals surface area (Å²) >= 11 is 0. The predicted molar refractivity (Wildman–Crippen MR) is 89.4 cm³/mol. The van der Waals surface area contributed by atoms with E-state index >= 15 is 0 Å². The maximum absolute atomic E-state index is 12.8. The molecule has 0 aromatic heterocycles. The van der Waals surface area contributed by atoms with Crippen LogP contribution in [-0.4, -0.2) is 37.0 Å². The summed E-state index contributed by atoms with van der Waals surface area (Å²) < 4.78 is 0. The largest absolute Gasteiger partial charge is 0.344 e. The number of hydrogen-bond donors (Lipinski definition) is 1. The highest BCUT2D eigenvalue weighted by Crippen LogP contribution is 2.28. The molecule has 1 fully saturated rings. The van der Waals surface area contributed by atoms with E-state index in [0.29, 0.717) is 6.54 Å². The number of nitrogens with two attached hydrogens (primary N) is 1. The van der Waals surface area contributed by atoms with Gasteiger partial charge in [-0.15, -0.1) is 0 Å². The summed E-state index contributed by atoms with van der Waals surface area (Å²) in [5.41, 5.74) is 8.62. The van der Waals surface area contributed by atoms with Crippen LogP contribution in [0.15, 0.2) is 54.6 Å². The van der Waals surface area contributed by atoms with Crippen LogP contribution < -0.4 is 10.6 Å². The van der Waals surface area contributed by atoms with E-state index in [4.69, 9.17) is 5.73 Å². The summed E-state index contributed by atoms with van der Waals surface area (Å²) in [4.78, 5) is 16.7. The van der Waals surface area contributed by atoms with Gasteiger partial charge in [-0.05, 0) is 30.7 Å². The van der Waals surface area contributed by atoms with Gasteiger partial charge >= 0.3 is 0 Å². The van der Waals surface area contributed by atoms with Crippen LogP contribution in [0.4, 0.5) is 11.4 Å². The number of para-hydroxylation sites is 2.